The van der Waals surface area contributed by atoms with Crippen LogP contribution < -0.4 is 5.12 Å². The van der Waals surface area contributed by atoms with Gasteiger partial charge in [0.25, 0.3) is 5.91 Å². The predicted octanol–water partition coefficient (Wildman–Crippen LogP) is 1.98. The lowest BCUT2D eigenvalue weighted by Gasteiger charge is -2.37. The topological polar surface area (TPSA) is 40.5 Å². The first-order valence-electron chi connectivity index (χ1n) is 4.73. The van der Waals surface area contributed by atoms with Gasteiger partial charge in [-0.1, -0.05) is 22.7 Å². The molecule has 0 aromatic heterocycles. The lowest BCUT2D eigenvalue weighted by Crippen LogP contribution is -2.44. The number of aliphatic hydroxyl groups excluding tert-OH is 1. The predicted molar refractivity (Wildman–Crippen MR) is 53.8 cm³/mol. The molecule has 0 radical (unpaired) electrons. The number of carbonyl (C=O) groups is 1. The molecule has 0 saturated heterocycles. The highest BCUT2D eigenvalue weighted by Crippen LogP contribution is 2.44. The number of hydrogen-bond acceptors (Lipinski definition) is 2. The second-order valence-electron chi connectivity index (χ2n) is 4.27. The number of benzene rings is 1. The van der Waals surface area contributed by atoms with Crippen LogP contribution in [0.4, 0.5) is 10.2 Å². The Balaban J connectivity index is 2.62. The minimum Gasteiger partial charge on any atom is -0.387 e. The van der Waals surface area contributed by atoms with E-state index in [2.05, 4.69) is 0 Å². The minimum absolute atomic E-state index is 0.113. The van der Waals surface area contributed by atoms with E-state index in [-0.39, 0.29) is 10.8 Å². The lowest BCUT2D eigenvalue weighted by molar-refractivity contribution is -0.137. The van der Waals surface area contributed by atoms with Crippen molar-refractivity contribution in [1.82, 2.24) is 0 Å². The Labute approximate surface area is 87.1 Å². The number of fused-ring (bicyclic) bond motifs is 1. The molecule has 1 unspecified atom stereocenters. The number of hydrogen-bond donors (Lipinski definition) is 1. The van der Waals surface area contributed by atoms with E-state index in [4.69, 9.17) is 0 Å². The second-order valence-corrected chi connectivity index (χ2v) is 4.27. The molecule has 1 aliphatic rings. The van der Waals surface area contributed by atoms with Crippen LogP contribution in [0.25, 0.3) is 0 Å². The summed E-state index contributed by atoms with van der Waals surface area (Å²) >= 11 is 0. The van der Waals surface area contributed by atoms with Gasteiger partial charge >= 0.3 is 0 Å². The van der Waals surface area contributed by atoms with E-state index >= 15 is 0 Å². The Hall–Kier alpha value is -1.42. The monoisotopic (exact) mass is 209 g/mol. The van der Waals surface area contributed by atoms with E-state index in [1.165, 1.54) is 19.9 Å². The molecule has 15 heavy (non-hydrogen) atoms. The zero-order chi connectivity index (χ0) is 11.2. The average Bonchev–Trinajstić information content (AvgIpc) is 2.24. The van der Waals surface area contributed by atoms with Gasteiger partial charge in [-0.2, -0.15) is 0 Å². The van der Waals surface area contributed by atoms with Crippen molar-refractivity contribution in [3.05, 3.63) is 29.8 Å². The average molecular weight is 209 g/mol. The largest absolute Gasteiger partial charge is 0.387 e. The van der Waals surface area contributed by atoms with Crippen LogP contribution in [-0.4, -0.2) is 11.0 Å². The van der Waals surface area contributed by atoms with Crippen molar-refractivity contribution in [2.24, 2.45) is 5.41 Å². The maximum absolute atomic E-state index is 13.6. The molecule has 3 nitrogen and oxygen atoms in total. The summed E-state index contributed by atoms with van der Waals surface area (Å²) in [4.78, 5) is 11.6. The fourth-order valence-electron chi connectivity index (χ4n) is 1.77. The summed E-state index contributed by atoms with van der Waals surface area (Å²) in [5.74, 6) is -0.714. The van der Waals surface area contributed by atoms with E-state index in [0.717, 1.165) is 0 Å². The van der Waals surface area contributed by atoms with Crippen LogP contribution in [-0.2, 0) is 4.79 Å². The van der Waals surface area contributed by atoms with E-state index in [9.17, 15) is 14.4 Å². The van der Waals surface area contributed by atoms with Crippen molar-refractivity contribution >= 4 is 11.6 Å². The third-order valence-corrected chi connectivity index (χ3v) is 2.86. The standard InChI is InChI=1S/C11H12FNO2/c1-11(2)9(14)7-5-3-4-6-8(7)13(12)10(11)15/h3-6,9,14H,1-2H3. The maximum Gasteiger partial charge on any atom is 0.263 e. The van der Waals surface area contributed by atoms with Crippen LogP contribution in [0.2, 0.25) is 0 Å². The maximum atomic E-state index is 13.6. The minimum atomic E-state index is -1.12. The van der Waals surface area contributed by atoms with Crippen molar-refractivity contribution < 1.29 is 14.4 Å². The lowest BCUT2D eigenvalue weighted by atomic mass is 9.78. The number of carbonyl (C=O) groups excluding carboxylic acids is 1. The normalized spacial score (nSPS) is 23.9. The smallest absolute Gasteiger partial charge is 0.263 e. The van der Waals surface area contributed by atoms with Crippen LogP contribution in [0, 0.1) is 5.41 Å². The molecule has 0 fully saturated rings. The van der Waals surface area contributed by atoms with Gasteiger partial charge in [-0.25, -0.2) is 0 Å². The first-order valence-corrected chi connectivity index (χ1v) is 4.73. The number of halogens is 1. The van der Waals surface area contributed by atoms with Crippen molar-refractivity contribution in [3.63, 3.8) is 0 Å². The molecule has 1 amide bonds. The summed E-state index contributed by atoms with van der Waals surface area (Å²) in [6.45, 7) is 3.06. The molecule has 0 bridgehead atoms. The summed E-state index contributed by atoms with van der Waals surface area (Å²) in [5.41, 5.74) is -0.540. The third-order valence-electron chi connectivity index (χ3n) is 2.86. The van der Waals surface area contributed by atoms with E-state index in [1.54, 1.807) is 18.2 Å². The molecular formula is C11H12FNO2. The first kappa shape index (κ1) is 10.1. The van der Waals surface area contributed by atoms with Crippen LogP contribution in [0.5, 0.6) is 0 Å². The van der Waals surface area contributed by atoms with Crippen LogP contribution in [0.1, 0.15) is 25.5 Å². The number of nitrogens with zero attached hydrogens (tertiary/aromatic N) is 1. The summed E-state index contributed by atoms with van der Waals surface area (Å²) in [6.07, 6.45) is -0.965. The van der Waals surface area contributed by atoms with Crippen molar-refractivity contribution in [2.45, 2.75) is 20.0 Å². The summed E-state index contributed by atoms with van der Waals surface area (Å²) in [6, 6.07) is 6.44. The third kappa shape index (κ3) is 1.25. The van der Waals surface area contributed by atoms with E-state index in [0.29, 0.717) is 5.56 Å². The van der Waals surface area contributed by atoms with E-state index in [1.807, 2.05) is 0 Å². The van der Waals surface area contributed by atoms with Crippen LogP contribution >= 0.6 is 0 Å². The Morgan fingerprint density at radius 1 is 1.40 bits per heavy atom. The van der Waals surface area contributed by atoms with Gasteiger partial charge in [0, 0.05) is 5.56 Å². The van der Waals surface area contributed by atoms with Gasteiger partial charge in [0.1, 0.15) is 0 Å². The summed E-state index contributed by atoms with van der Waals surface area (Å²) in [5, 5.41) is 10.1. The summed E-state index contributed by atoms with van der Waals surface area (Å²) < 4.78 is 13.6. The van der Waals surface area contributed by atoms with Gasteiger partial charge in [0.15, 0.2) is 0 Å². The van der Waals surface area contributed by atoms with Crippen LogP contribution in [0.15, 0.2) is 24.3 Å². The van der Waals surface area contributed by atoms with Gasteiger partial charge < -0.3 is 5.11 Å². The Morgan fingerprint density at radius 2 is 2.00 bits per heavy atom. The molecule has 1 heterocycles. The molecule has 0 aliphatic carbocycles. The molecule has 4 heteroatoms. The molecule has 1 aliphatic heterocycles. The number of amides is 1. The van der Waals surface area contributed by atoms with Gasteiger partial charge in [0.05, 0.1) is 17.2 Å². The number of aliphatic hydroxyl groups is 1. The SMILES string of the molecule is CC1(C)C(=O)N(F)c2ccccc2C1O. The highest BCUT2D eigenvalue weighted by Gasteiger charge is 2.46. The quantitative estimate of drug-likeness (QED) is 0.664. The summed E-state index contributed by atoms with van der Waals surface area (Å²) in [7, 11) is 0. The zero-order valence-corrected chi connectivity index (χ0v) is 8.57. The van der Waals surface area contributed by atoms with E-state index < -0.39 is 17.4 Å². The zero-order valence-electron chi connectivity index (χ0n) is 8.57. The number of anilines is 1. The second kappa shape index (κ2) is 3.03. The van der Waals surface area contributed by atoms with Gasteiger partial charge in [-0.15, -0.1) is 5.12 Å². The molecular weight excluding hydrogens is 197 g/mol. The van der Waals surface area contributed by atoms with Gasteiger partial charge in [-0.3, -0.25) is 4.79 Å². The highest BCUT2D eigenvalue weighted by molar-refractivity contribution is 5.98. The van der Waals surface area contributed by atoms with Crippen molar-refractivity contribution in [2.75, 3.05) is 5.12 Å². The van der Waals surface area contributed by atoms with Gasteiger partial charge in [0.2, 0.25) is 0 Å². The fraction of sp³-hybridized carbons (Fsp3) is 0.364. The van der Waals surface area contributed by atoms with Crippen molar-refractivity contribution in [3.8, 4) is 0 Å². The van der Waals surface area contributed by atoms with Crippen LogP contribution in [0.3, 0.4) is 0 Å². The first-order chi connectivity index (χ1) is 6.96. The fourth-order valence-corrected chi connectivity index (χ4v) is 1.77. The Kier molecular flexibility index (Phi) is 2.04. The Bertz CT molecular complexity index is 417. The van der Waals surface area contributed by atoms with Crippen molar-refractivity contribution in [1.29, 1.82) is 0 Å². The molecule has 0 spiro atoms. The highest BCUT2D eigenvalue weighted by atomic mass is 19.2. The molecule has 0 saturated carbocycles. The Morgan fingerprint density at radius 3 is 2.67 bits per heavy atom. The molecule has 2 rings (SSSR count). The molecule has 1 atom stereocenters. The molecule has 80 valence electrons. The number of para-hydroxylation sites is 1. The molecule has 1 aromatic carbocycles. The number of rotatable bonds is 0. The molecule has 1 N–H and O–H groups in total. The van der Waals surface area contributed by atoms with Gasteiger partial charge in [-0.05, 0) is 19.9 Å². The molecule has 1 aromatic rings.